The van der Waals surface area contributed by atoms with E-state index < -0.39 is 0 Å². The van der Waals surface area contributed by atoms with E-state index >= 15 is 0 Å². The lowest BCUT2D eigenvalue weighted by Gasteiger charge is -2.11. The molecular weight excluding hydrogens is 294 g/mol. The average molecular weight is 311 g/mol. The van der Waals surface area contributed by atoms with E-state index in [1.165, 1.54) is 11.8 Å². The van der Waals surface area contributed by atoms with Gasteiger partial charge in [0.1, 0.15) is 22.6 Å². The van der Waals surface area contributed by atoms with Gasteiger partial charge in [0.25, 0.3) is 0 Å². The summed E-state index contributed by atoms with van der Waals surface area (Å²) in [5.41, 5.74) is 0.956. The summed E-state index contributed by atoms with van der Waals surface area (Å²) in [6.45, 7) is 2.46. The van der Waals surface area contributed by atoms with E-state index in [1.807, 2.05) is 73.0 Å². The minimum absolute atomic E-state index is 0.502. The third-order valence-corrected chi connectivity index (χ3v) is 3.31. The van der Waals surface area contributed by atoms with Gasteiger partial charge in [-0.3, -0.25) is 0 Å². The second kappa shape index (κ2) is 8.81. The first kappa shape index (κ1) is 16.0. The lowest BCUT2D eigenvalue weighted by atomic mass is 10.1. The highest BCUT2D eigenvalue weighted by Gasteiger charge is 2.05. The molecule has 2 rings (SSSR count). The van der Waals surface area contributed by atoms with E-state index in [9.17, 15) is 0 Å². The van der Waals surface area contributed by atoms with Gasteiger partial charge in [0.2, 0.25) is 0 Å². The highest BCUT2D eigenvalue weighted by molar-refractivity contribution is 8.03. The van der Waals surface area contributed by atoms with Crippen molar-refractivity contribution in [2.75, 3.05) is 12.4 Å². The van der Waals surface area contributed by atoms with E-state index in [-0.39, 0.29) is 0 Å². The zero-order valence-corrected chi connectivity index (χ0v) is 13.2. The van der Waals surface area contributed by atoms with E-state index in [0.29, 0.717) is 12.4 Å². The second-order valence-corrected chi connectivity index (χ2v) is 5.28. The number of ether oxygens (including phenoxy) is 2. The molecule has 0 amide bonds. The Morgan fingerprint density at radius 2 is 1.95 bits per heavy atom. The van der Waals surface area contributed by atoms with Crippen LogP contribution in [0.2, 0.25) is 0 Å². The number of thiocyanates is 1. The smallest absolute Gasteiger partial charge is 0.133 e. The van der Waals surface area contributed by atoms with E-state index in [2.05, 4.69) is 0 Å². The number of hydrogen-bond acceptors (Lipinski definition) is 4. The number of nitrogens with zero attached hydrogens (tertiary/aromatic N) is 1. The Labute approximate surface area is 135 Å². The van der Waals surface area contributed by atoms with E-state index in [4.69, 9.17) is 14.7 Å². The first-order valence-electron chi connectivity index (χ1n) is 6.97. The van der Waals surface area contributed by atoms with Crippen LogP contribution < -0.4 is 9.47 Å². The van der Waals surface area contributed by atoms with Crippen LogP contribution in [0.1, 0.15) is 12.5 Å². The molecule has 2 aromatic rings. The summed E-state index contributed by atoms with van der Waals surface area (Å²) in [5.74, 6) is 3.00. The molecule has 0 spiro atoms. The molecule has 0 bridgehead atoms. The van der Waals surface area contributed by atoms with Gasteiger partial charge < -0.3 is 9.47 Å². The fraction of sp³-hybridized carbons (Fsp3) is 0.167. The van der Waals surface area contributed by atoms with Crippen LogP contribution in [0.15, 0.2) is 54.6 Å². The summed E-state index contributed by atoms with van der Waals surface area (Å²) in [5, 5.41) is 10.5. The van der Waals surface area contributed by atoms with Gasteiger partial charge in [-0.2, -0.15) is 5.26 Å². The van der Waals surface area contributed by atoms with Crippen LogP contribution >= 0.6 is 11.8 Å². The van der Waals surface area contributed by atoms with Crippen molar-refractivity contribution in [2.45, 2.75) is 6.92 Å². The third-order valence-electron chi connectivity index (χ3n) is 2.81. The molecule has 0 aliphatic carbocycles. The Morgan fingerprint density at radius 3 is 2.68 bits per heavy atom. The van der Waals surface area contributed by atoms with Crippen molar-refractivity contribution in [2.24, 2.45) is 0 Å². The lowest BCUT2D eigenvalue weighted by molar-refractivity contribution is 0.342. The molecule has 112 valence electrons. The molecule has 0 aliphatic heterocycles. The number of hydrogen-bond donors (Lipinski definition) is 0. The van der Waals surface area contributed by atoms with Gasteiger partial charge in [0.15, 0.2) is 0 Å². The van der Waals surface area contributed by atoms with Gasteiger partial charge in [-0.05, 0) is 49.0 Å². The molecule has 0 atom stereocenters. The Hall–Kier alpha value is -2.38. The third kappa shape index (κ3) is 4.87. The molecule has 0 aromatic heterocycles. The highest BCUT2D eigenvalue weighted by Crippen LogP contribution is 2.28. The van der Waals surface area contributed by atoms with Crippen LogP contribution in [-0.4, -0.2) is 12.4 Å². The first-order valence-corrected chi connectivity index (χ1v) is 7.95. The molecule has 0 unspecified atom stereocenters. The lowest BCUT2D eigenvalue weighted by Crippen LogP contribution is -2.01. The summed E-state index contributed by atoms with van der Waals surface area (Å²) < 4.78 is 11.5. The maximum Gasteiger partial charge on any atom is 0.133 e. The van der Waals surface area contributed by atoms with E-state index in [0.717, 1.165) is 22.8 Å². The van der Waals surface area contributed by atoms with Crippen molar-refractivity contribution >= 4 is 17.8 Å². The number of thioether (sulfide) groups is 1. The number of benzene rings is 2. The van der Waals surface area contributed by atoms with Gasteiger partial charge >= 0.3 is 0 Å². The first-order chi connectivity index (χ1) is 10.8. The molecule has 0 fully saturated rings. The quantitative estimate of drug-likeness (QED) is 0.526. The second-order valence-electron chi connectivity index (χ2n) is 4.40. The molecule has 4 heteroatoms. The monoisotopic (exact) mass is 311 g/mol. The molecule has 0 saturated heterocycles. The Bertz CT molecular complexity index is 663. The summed E-state index contributed by atoms with van der Waals surface area (Å²) in [6.07, 6.45) is 3.93. The van der Waals surface area contributed by atoms with Crippen LogP contribution in [0.3, 0.4) is 0 Å². The predicted octanol–water partition coefficient (Wildman–Crippen LogP) is 5.11. The number of allylic oxidation sites excluding steroid dienone is 1. The van der Waals surface area contributed by atoms with Crippen molar-refractivity contribution in [3.63, 3.8) is 0 Å². The minimum atomic E-state index is 0.502. The van der Waals surface area contributed by atoms with Gasteiger partial charge in [0.05, 0.1) is 6.61 Å². The maximum absolute atomic E-state index is 8.51. The zero-order valence-electron chi connectivity index (χ0n) is 12.4. The summed E-state index contributed by atoms with van der Waals surface area (Å²) in [6, 6.07) is 15.4. The van der Waals surface area contributed by atoms with Crippen molar-refractivity contribution < 1.29 is 9.47 Å². The molecule has 0 saturated carbocycles. The van der Waals surface area contributed by atoms with Crippen molar-refractivity contribution in [1.29, 1.82) is 5.26 Å². The van der Waals surface area contributed by atoms with Crippen molar-refractivity contribution in [3.05, 3.63) is 60.2 Å². The fourth-order valence-corrected chi connectivity index (χ4v) is 2.15. The minimum Gasteiger partial charge on any atom is -0.492 e. The van der Waals surface area contributed by atoms with Crippen LogP contribution in [0.4, 0.5) is 0 Å². The van der Waals surface area contributed by atoms with Gasteiger partial charge in [-0.15, -0.1) is 0 Å². The summed E-state index contributed by atoms with van der Waals surface area (Å²) in [7, 11) is 0. The normalized spacial score (nSPS) is 10.4. The van der Waals surface area contributed by atoms with Gasteiger partial charge in [-0.25, -0.2) is 0 Å². The molecule has 2 aromatic carbocycles. The van der Waals surface area contributed by atoms with Crippen LogP contribution in [-0.2, 0) is 0 Å². The zero-order chi connectivity index (χ0) is 15.6. The summed E-state index contributed by atoms with van der Waals surface area (Å²) in [4.78, 5) is 0. The Balaban J connectivity index is 2.11. The standard InChI is InChI=1S/C18H17NO2S/c1-2-6-15-13-17(21-16-7-4-3-5-8-16)9-10-18(15)20-11-12-22-14-19/h2-10,13H,11-12H2,1H3/b6-2+. The highest BCUT2D eigenvalue weighted by atomic mass is 32.2. The van der Waals surface area contributed by atoms with Crippen LogP contribution in [0, 0.1) is 10.7 Å². The molecule has 3 nitrogen and oxygen atoms in total. The fourth-order valence-electron chi connectivity index (χ4n) is 1.89. The van der Waals surface area contributed by atoms with Gasteiger partial charge in [0, 0.05) is 11.3 Å². The summed E-state index contributed by atoms with van der Waals surface area (Å²) >= 11 is 1.19. The van der Waals surface area contributed by atoms with Crippen molar-refractivity contribution in [3.8, 4) is 22.6 Å². The topological polar surface area (TPSA) is 42.2 Å². The predicted molar refractivity (Wildman–Crippen MR) is 91.2 cm³/mol. The largest absolute Gasteiger partial charge is 0.492 e. The Morgan fingerprint density at radius 1 is 1.14 bits per heavy atom. The molecule has 0 radical (unpaired) electrons. The molecule has 22 heavy (non-hydrogen) atoms. The molecular formula is C18H17NO2S. The van der Waals surface area contributed by atoms with E-state index in [1.54, 1.807) is 0 Å². The van der Waals surface area contributed by atoms with Crippen LogP contribution in [0.25, 0.3) is 6.08 Å². The molecule has 0 heterocycles. The maximum atomic E-state index is 8.51. The number of nitriles is 1. The Kier molecular flexibility index (Phi) is 6.40. The van der Waals surface area contributed by atoms with Crippen LogP contribution in [0.5, 0.6) is 17.2 Å². The molecule has 0 aliphatic rings. The molecule has 0 N–H and O–H groups in total. The van der Waals surface area contributed by atoms with Crippen molar-refractivity contribution in [1.82, 2.24) is 0 Å². The number of rotatable bonds is 7. The average Bonchev–Trinajstić information content (AvgIpc) is 2.54. The SMILES string of the molecule is C/C=C/c1cc(Oc2ccccc2)ccc1OCCSC#N. The number of para-hydroxylation sites is 1. The van der Waals surface area contributed by atoms with Gasteiger partial charge in [-0.1, -0.05) is 30.4 Å².